The Labute approximate surface area is 132 Å². The third kappa shape index (κ3) is 3.58. The molecule has 1 aromatic carbocycles. The lowest BCUT2D eigenvalue weighted by Gasteiger charge is -2.20. The molecule has 0 saturated carbocycles. The molecule has 2 N–H and O–H groups in total. The number of benzene rings is 1. The zero-order valence-electron chi connectivity index (χ0n) is 11.8. The summed E-state index contributed by atoms with van der Waals surface area (Å²) in [5.74, 6) is 0. The van der Waals surface area contributed by atoms with Crippen molar-refractivity contribution in [3.63, 3.8) is 0 Å². The van der Waals surface area contributed by atoms with Gasteiger partial charge in [0.15, 0.2) is 0 Å². The summed E-state index contributed by atoms with van der Waals surface area (Å²) >= 11 is 5.90. The lowest BCUT2D eigenvalue weighted by atomic mass is 10.0. The van der Waals surface area contributed by atoms with Gasteiger partial charge in [-0.15, -0.1) is 0 Å². The molecule has 2 heterocycles. The number of rotatable bonds is 4. The highest BCUT2D eigenvalue weighted by Gasteiger charge is 2.30. The van der Waals surface area contributed by atoms with E-state index in [-0.39, 0.29) is 18.2 Å². The quantitative estimate of drug-likeness (QED) is 0.907. The van der Waals surface area contributed by atoms with Gasteiger partial charge in [-0.05, 0) is 24.1 Å². The van der Waals surface area contributed by atoms with E-state index in [0.29, 0.717) is 23.9 Å². The number of carbonyl (C=O) groups excluding carboxylic acids is 1. The van der Waals surface area contributed by atoms with Crippen LogP contribution in [0.4, 0.5) is 4.79 Å². The summed E-state index contributed by atoms with van der Waals surface area (Å²) in [5, 5.41) is 10.1. The SMILES string of the molecule is O=C(NCc1ccon1)N[C@@H]1CCO[C@@H]1c1ccc(Cl)cc1. The summed E-state index contributed by atoms with van der Waals surface area (Å²) in [7, 11) is 0. The van der Waals surface area contributed by atoms with Crippen LogP contribution in [0.3, 0.4) is 0 Å². The fraction of sp³-hybridized carbons (Fsp3) is 0.333. The predicted octanol–water partition coefficient (Wildman–Crippen LogP) is 2.66. The molecule has 116 valence electrons. The number of amides is 2. The first-order valence-electron chi connectivity index (χ1n) is 7.03. The summed E-state index contributed by atoms with van der Waals surface area (Å²) in [4.78, 5) is 12.0. The van der Waals surface area contributed by atoms with Crippen molar-refractivity contribution >= 4 is 17.6 Å². The zero-order valence-corrected chi connectivity index (χ0v) is 12.5. The van der Waals surface area contributed by atoms with Gasteiger partial charge in [0.05, 0.1) is 12.6 Å². The summed E-state index contributed by atoms with van der Waals surface area (Å²) in [6, 6.07) is 8.85. The molecule has 3 rings (SSSR count). The first-order chi connectivity index (χ1) is 10.7. The van der Waals surface area contributed by atoms with Crippen LogP contribution in [0.2, 0.25) is 5.02 Å². The van der Waals surface area contributed by atoms with Crippen LogP contribution in [0, 0.1) is 0 Å². The topological polar surface area (TPSA) is 76.4 Å². The van der Waals surface area contributed by atoms with E-state index in [4.69, 9.17) is 20.9 Å². The predicted molar refractivity (Wildman–Crippen MR) is 80.4 cm³/mol. The van der Waals surface area contributed by atoms with Crippen LogP contribution in [0.1, 0.15) is 23.8 Å². The van der Waals surface area contributed by atoms with Crippen LogP contribution in [-0.4, -0.2) is 23.8 Å². The van der Waals surface area contributed by atoms with Crippen molar-refractivity contribution in [2.24, 2.45) is 0 Å². The largest absolute Gasteiger partial charge is 0.371 e. The van der Waals surface area contributed by atoms with E-state index < -0.39 is 0 Å². The maximum atomic E-state index is 12.0. The van der Waals surface area contributed by atoms with Gasteiger partial charge in [0, 0.05) is 17.7 Å². The molecule has 22 heavy (non-hydrogen) atoms. The number of nitrogens with one attached hydrogen (secondary N) is 2. The number of halogens is 1. The maximum Gasteiger partial charge on any atom is 0.315 e. The lowest BCUT2D eigenvalue weighted by molar-refractivity contribution is 0.0999. The highest BCUT2D eigenvalue weighted by Crippen LogP contribution is 2.29. The Morgan fingerprint density at radius 2 is 2.14 bits per heavy atom. The maximum absolute atomic E-state index is 12.0. The third-order valence-corrected chi connectivity index (χ3v) is 3.78. The molecule has 0 radical (unpaired) electrons. The molecule has 0 aliphatic carbocycles. The van der Waals surface area contributed by atoms with E-state index in [2.05, 4.69) is 15.8 Å². The Kier molecular flexibility index (Phi) is 4.60. The second-order valence-corrected chi connectivity index (χ2v) is 5.49. The molecule has 2 aromatic rings. The molecule has 1 aromatic heterocycles. The molecule has 1 aliphatic rings. The monoisotopic (exact) mass is 321 g/mol. The minimum Gasteiger partial charge on any atom is -0.371 e. The number of aromatic nitrogens is 1. The molecule has 1 saturated heterocycles. The second-order valence-electron chi connectivity index (χ2n) is 5.06. The molecule has 0 unspecified atom stereocenters. The summed E-state index contributed by atoms with van der Waals surface area (Å²) in [5.41, 5.74) is 1.68. The van der Waals surface area contributed by atoms with Gasteiger partial charge in [0.1, 0.15) is 18.1 Å². The summed E-state index contributed by atoms with van der Waals surface area (Å²) in [6.45, 7) is 0.934. The molecular weight excluding hydrogens is 306 g/mol. The fourth-order valence-corrected chi connectivity index (χ4v) is 2.56. The number of carbonyl (C=O) groups is 1. The van der Waals surface area contributed by atoms with Crippen molar-refractivity contribution in [1.29, 1.82) is 0 Å². The Balaban J connectivity index is 1.56. The van der Waals surface area contributed by atoms with Gasteiger partial charge in [-0.25, -0.2) is 4.79 Å². The van der Waals surface area contributed by atoms with E-state index >= 15 is 0 Å². The van der Waals surface area contributed by atoms with Crippen molar-refractivity contribution in [2.75, 3.05) is 6.61 Å². The normalized spacial score (nSPS) is 20.8. The van der Waals surface area contributed by atoms with Crippen LogP contribution in [0.15, 0.2) is 41.1 Å². The van der Waals surface area contributed by atoms with Gasteiger partial charge in [-0.2, -0.15) is 0 Å². The third-order valence-electron chi connectivity index (χ3n) is 3.53. The first kappa shape index (κ1) is 14.9. The van der Waals surface area contributed by atoms with Gasteiger partial charge in [0.2, 0.25) is 0 Å². The Morgan fingerprint density at radius 1 is 1.32 bits per heavy atom. The second kappa shape index (κ2) is 6.81. The molecule has 0 bridgehead atoms. The van der Waals surface area contributed by atoms with Crippen molar-refractivity contribution in [2.45, 2.75) is 25.1 Å². The Bertz CT molecular complexity index is 615. The van der Waals surface area contributed by atoms with Crippen LogP contribution in [0.5, 0.6) is 0 Å². The molecular formula is C15H16ClN3O3. The lowest BCUT2D eigenvalue weighted by Crippen LogP contribution is -2.43. The van der Waals surface area contributed by atoms with Gasteiger partial charge >= 0.3 is 6.03 Å². The van der Waals surface area contributed by atoms with Crippen LogP contribution >= 0.6 is 11.6 Å². The minimum absolute atomic E-state index is 0.0708. The average molecular weight is 322 g/mol. The summed E-state index contributed by atoms with van der Waals surface area (Å²) in [6.07, 6.45) is 2.08. The number of urea groups is 1. The zero-order chi connectivity index (χ0) is 15.4. The van der Waals surface area contributed by atoms with Crippen molar-refractivity contribution in [3.8, 4) is 0 Å². The Morgan fingerprint density at radius 3 is 2.86 bits per heavy atom. The molecule has 2 amide bonds. The van der Waals surface area contributed by atoms with Gasteiger partial charge in [0.25, 0.3) is 0 Å². The molecule has 1 aliphatic heterocycles. The molecule has 1 fully saturated rings. The van der Waals surface area contributed by atoms with Crippen LogP contribution < -0.4 is 10.6 Å². The van der Waals surface area contributed by atoms with Gasteiger partial charge in [-0.3, -0.25) is 0 Å². The van der Waals surface area contributed by atoms with Crippen LogP contribution in [0.25, 0.3) is 0 Å². The van der Waals surface area contributed by atoms with E-state index in [1.54, 1.807) is 6.07 Å². The standard InChI is InChI=1S/C15H16ClN3O3/c16-11-3-1-10(2-4-11)14-13(6-7-21-14)18-15(20)17-9-12-5-8-22-19-12/h1-5,8,13-14H,6-7,9H2,(H2,17,18,20)/t13-,14-/m1/s1. The van der Waals surface area contributed by atoms with Crippen molar-refractivity contribution in [3.05, 3.63) is 52.9 Å². The molecule has 7 heteroatoms. The number of hydrogen-bond donors (Lipinski definition) is 2. The molecule has 2 atom stereocenters. The average Bonchev–Trinajstić information content (AvgIpc) is 3.17. The molecule has 0 spiro atoms. The van der Waals surface area contributed by atoms with E-state index in [1.165, 1.54) is 6.26 Å². The number of nitrogens with zero attached hydrogens (tertiary/aromatic N) is 1. The minimum atomic E-state index is -0.252. The van der Waals surface area contributed by atoms with Gasteiger partial charge in [-0.1, -0.05) is 28.9 Å². The smallest absolute Gasteiger partial charge is 0.315 e. The first-order valence-corrected chi connectivity index (χ1v) is 7.41. The summed E-state index contributed by atoms with van der Waals surface area (Å²) < 4.78 is 10.4. The van der Waals surface area contributed by atoms with E-state index in [0.717, 1.165) is 12.0 Å². The number of ether oxygens (including phenoxy) is 1. The fourth-order valence-electron chi connectivity index (χ4n) is 2.44. The van der Waals surface area contributed by atoms with E-state index in [1.807, 2.05) is 24.3 Å². The van der Waals surface area contributed by atoms with Crippen molar-refractivity contribution < 1.29 is 14.1 Å². The van der Waals surface area contributed by atoms with Gasteiger partial charge < -0.3 is 19.9 Å². The molecule has 6 nitrogen and oxygen atoms in total. The Hall–Kier alpha value is -2.05. The highest BCUT2D eigenvalue weighted by atomic mass is 35.5. The van der Waals surface area contributed by atoms with Crippen molar-refractivity contribution in [1.82, 2.24) is 15.8 Å². The number of hydrogen-bond acceptors (Lipinski definition) is 4. The van der Waals surface area contributed by atoms with E-state index in [9.17, 15) is 4.79 Å². The van der Waals surface area contributed by atoms with Crippen LogP contribution in [-0.2, 0) is 11.3 Å². The highest BCUT2D eigenvalue weighted by molar-refractivity contribution is 6.30.